The molecule has 1 amide bonds. The Morgan fingerprint density at radius 1 is 1.32 bits per heavy atom. The minimum Gasteiger partial charge on any atom is -0.406 e. The van der Waals surface area contributed by atoms with Gasteiger partial charge in [0.25, 0.3) is 0 Å². The van der Waals surface area contributed by atoms with Crippen molar-refractivity contribution >= 4 is 5.91 Å². The summed E-state index contributed by atoms with van der Waals surface area (Å²) in [4.78, 5) is 12.9. The van der Waals surface area contributed by atoms with Gasteiger partial charge in [-0.1, -0.05) is 12.1 Å². The third kappa shape index (κ3) is 5.17. The fourth-order valence-corrected chi connectivity index (χ4v) is 1.41. The first-order valence-corrected chi connectivity index (χ1v) is 5.50. The van der Waals surface area contributed by atoms with Crippen LogP contribution in [0.4, 0.5) is 13.2 Å². The quantitative estimate of drug-likeness (QED) is 0.915. The van der Waals surface area contributed by atoms with E-state index in [2.05, 4.69) is 4.74 Å². The number of hydrogen-bond acceptors (Lipinski definition) is 3. The van der Waals surface area contributed by atoms with Gasteiger partial charge in [0.15, 0.2) is 0 Å². The number of halogens is 3. The van der Waals surface area contributed by atoms with Gasteiger partial charge in [0.1, 0.15) is 5.75 Å². The normalized spacial score (nSPS) is 12.9. The van der Waals surface area contributed by atoms with Gasteiger partial charge in [-0.05, 0) is 17.7 Å². The van der Waals surface area contributed by atoms with Crippen LogP contribution in [0.2, 0.25) is 0 Å². The lowest BCUT2D eigenvalue weighted by molar-refractivity contribution is -0.274. The fourth-order valence-electron chi connectivity index (χ4n) is 1.41. The molecule has 1 unspecified atom stereocenters. The third-order valence-corrected chi connectivity index (χ3v) is 2.44. The van der Waals surface area contributed by atoms with Crippen molar-refractivity contribution in [3.8, 4) is 5.75 Å². The average Bonchev–Trinajstić information content (AvgIpc) is 2.27. The average molecular weight is 276 g/mol. The molecule has 1 rings (SSSR count). The van der Waals surface area contributed by atoms with Crippen LogP contribution in [0, 0.1) is 0 Å². The maximum absolute atomic E-state index is 12.0. The molecule has 0 radical (unpaired) electrons. The Morgan fingerprint density at radius 2 is 1.84 bits per heavy atom. The number of nitrogens with two attached hydrogens (primary N) is 1. The van der Waals surface area contributed by atoms with Gasteiger partial charge in [-0.15, -0.1) is 13.2 Å². The van der Waals surface area contributed by atoms with E-state index in [4.69, 9.17) is 5.73 Å². The van der Waals surface area contributed by atoms with Gasteiger partial charge < -0.3 is 15.4 Å². The van der Waals surface area contributed by atoms with Gasteiger partial charge in [0.2, 0.25) is 5.91 Å². The zero-order chi connectivity index (χ0) is 14.6. The molecule has 0 fully saturated rings. The van der Waals surface area contributed by atoms with Gasteiger partial charge in [0.05, 0.1) is 0 Å². The highest BCUT2D eigenvalue weighted by atomic mass is 19.4. The summed E-state index contributed by atoms with van der Waals surface area (Å²) in [6.45, 7) is 0. The smallest absolute Gasteiger partial charge is 0.406 e. The van der Waals surface area contributed by atoms with Crippen molar-refractivity contribution in [2.45, 2.75) is 18.8 Å². The first-order chi connectivity index (χ1) is 8.69. The van der Waals surface area contributed by atoms with Crippen LogP contribution >= 0.6 is 0 Å². The molecular weight excluding hydrogens is 261 g/mol. The lowest BCUT2D eigenvalue weighted by atomic mass is 10.0. The number of hydrogen-bond donors (Lipinski definition) is 1. The van der Waals surface area contributed by atoms with E-state index in [1.54, 1.807) is 14.1 Å². The largest absolute Gasteiger partial charge is 0.573 e. The van der Waals surface area contributed by atoms with Crippen LogP contribution in [-0.4, -0.2) is 31.3 Å². The highest BCUT2D eigenvalue weighted by Gasteiger charge is 2.31. The second-order valence-corrected chi connectivity index (χ2v) is 4.22. The molecule has 19 heavy (non-hydrogen) atoms. The first kappa shape index (κ1) is 15.3. The van der Waals surface area contributed by atoms with E-state index in [-0.39, 0.29) is 18.1 Å². The number of carbonyl (C=O) groups is 1. The SMILES string of the molecule is CN(C)C(=O)CC(N)c1ccc(OC(F)(F)F)cc1. The third-order valence-electron chi connectivity index (χ3n) is 2.44. The molecule has 0 heterocycles. The minimum absolute atomic E-state index is 0.0898. The molecule has 0 spiro atoms. The Labute approximate surface area is 108 Å². The van der Waals surface area contributed by atoms with Crippen molar-refractivity contribution in [3.63, 3.8) is 0 Å². The molecule has 0 bridgehead atoms. The molecule has 4 nitrogen and oxygen atoms in total. The summed E-state index contributed by atoms with van der Waals surface area (Å²) in [6.07, 6.45) is -4.63. The summed E-state index contributed by atoms with van der Waals surface area (Å²) in [6, 6.07) is 4.60. The van der Waals surface area contributed by atoms with Crippen molar-refractivity contribution in [1.82, 2.24) is 4.90 Å². The zero-order valence-corrected chi connectivity index (χ0v) is 10.6. The molecule has 7 heteroatoms. The van der Waals surface area contributed by atoms with Crippen LogP contribution in [-0.2, 0) is 4.79 Å². The molecule has 0 aliphatic carbocycles. The minimum atomic E-state index is -4.72. The number of benzene rings is 1. The Morgan fingerprint density at radius 3 is 2.26 bits per heavy atom. The van der Waals surface area contributed by atoms with E-state index in [0.717, 1.165) is 0 Å². The molecule has 0 saturated heterocycles. The van der Waals surface area contributed by atoms with Crippen molar-refractivity contribution in [3.05, 3.63) is 29.8 Å². The lowest BCUT2D eigenvalue weighted by Crippen LogP contribution is -2.26. The second-order valence-electron chi connectivity index (χ2n) is 4.22. The van der Waals surface area contributed by atoms with Gasteiger partial charge in [-0.25, -0.2) is 0 Å². The number of nitrogens with zero attached hydrogens (tertiary/aromatic N) is 1. The number of rotatable bonds is 4. The summed E-state index contributed by atoms with van der Waals surface area (Å²) in [5.74, 6) is -0.467. The van der Waals surface area contributed by atoms with Gasteiger partial charge in [0, 0.05) is 26.6 Å². The Balaban J connectivity index is 2.68. The second kappa shape index (κ2) is 5.92. The molecule has 0 aliphatic heterocycles. The Hall–Kier alpha value is -1.76. The number of amides is 1. The van der Waals surface area contributed by atoms with Crippen LogP contribution in [0.3, 0.4) is 0 Å². The molecule has 106 valence electrons. The van der Waals surface area contributed by atoms with E-state index in [1.807, 2.05) is 0 Å². The predicted molar refractivity (Wildman–Crippen MR) is 63.4 cm³/mol. The van der Waals surface area contributed by atoms with E-state index in [9.17, 15) is 18.0 Å². The fraction of sp³-hybridized carbons (Fsp3) is 0.417. The highest BCUT2D eigenvalue weighted by molar-refractivity contribution is 5.76. The van der Waals surface area contributed by atoms with E-state index in [1.165, 1.54) is 29.2 Å². The van der Waals surface area contributed by atoms with Crippen molar-refractivity contribution in [1.29, 1.82) is 0 Å². The highest BCUT2D eigenvalue weighted by Crippen LogP contribution is 2.24. The summed E-state index contributed by atoms with van der Waals surface area (Å²) in [5.41, 5.74) is 6.37. The maximum atomic E-state index is 12.0. The predicted octanol–water partition coefficient (Wildman–Crippen LogP) is 2.06. The van der Waals surface area contributed by atoms with Crippen LogP contribution < -0.4 is 10.5 Å². The molecular formula is C12H15F3N2O2. The maximum Gasteiger partial charge on any atom is 0.573 e. The lowest BCUT2D eigenvalue weighted by Gasteiger charge is -2.16. The number of ether oxygens (including phenoxy) is 1. The molecule has 0 aliphatic rings. The van der Waals surface area contributed by atoms with Gasteiger partial charge >= 0.3 is 6.36 Å². The van der Waals surface area contributed by atoms with Crippen molar-refractivity contribution < 1.29 is 22.7 Å². The molecule has 1 aromatic rings. The van der Waals surface area contributed by atoms with Crippen LogP contribution in [0.25, 0.3) is 0 Å². The van der Waals surface area contributed by atoms with Crippen molar-refractivity contribution in [2.24, 2.45) is 5.73 Å². The van der Waals surface area contributed by atoms with Crippen LogP contribution in [0.15, 0.2) is 24.3 Å². The first-order valence-electron chi connectivity index (χ1n) is 5.50. The number of alkyl halides is 3. The molecule has 2 N–H and O–H groups in total. The standard InChI is InChI=1S/C12H15F3N2O2/c1-17(2)11(18)7-10(16)8-3-5-9(6-4-8)19-12(13,14)15/h3-6,10H,7,16H2,1-2H3. The van der Waals surface area contributed by atoms with Crippen LogP contribution in [0.1, 0.15) is 18.0 Å². The van der Waals surface area contributed by atoms with E-state index < -0.39 is 12.4 Å². The topological polar surface area (TPSA) is 55.6 Å². The molecule has 0 aromatic heterocycles. The molecule has 1 atom stereocenters. The van der Waals surface area contributed by atoms with Crippen molar-refractivity contribution in [2.75, 3.05) is 14.1 Å². The van der Waals surface area contributed by atoms with E-state index >= 15 is 0 Å². The Bertz CT molecular complexity index is 430. The molecule has 1 aromatic carbocycles. The summed E-state index contributed by atoms with van der Waals surface area (Å²) in [7, 11) is 3.21. The van der Waals surface area contributed by atoms with Gasteiger partial charge in [-0.2, -0.15) is 0 Å². The summed E-state index contributed by atoms with van der Waals surface area (Å²) in [5, 5.41) is 0. The molecule has 0 saturated carbocycles. The monoisotopic (exact) mass is 276 g/mol. The summed E-state index contributed by atoms with van der Waals surface area (Å²) >= 11 is 0. The Kier molecular flexibility index (Phi) is 4.77. The van der Waals surface area contributed by atoms with Gasteiger partial charge in [-0.3, -0.25) is 4.79 Å². The summed E-state index contributed by atoms with van der Waals surface area (Å²) < 4.78 is 39.6. The zero-order valence-electron chi connectivity index (χ0n) is 10.6. The van der Waals surface area contributed by atoms with E-state index in [0.29, 0.717) is 5.56 Å². The number of carbonyl (C=O) groups excluding carboxylic acids is 1. The van der Waals surface area contributed by atoms with Crippen LogP contribution in [0.5, 0.6) is 5.75 Å².